The van der Waals surface area contributed by atoms with Crippen molar-refractivity contribution in [2.45, 2.75) is 39.2 Å². The number of aromatic nitrogens is 2. The zero-order valence-corrected chi connectivity index (χ0v) is 12.8. The summed E-state index contributed by atoms with van der Waals surface area (Å²) < 4.78 is 1.24. The Morgan fingerprint density at radius 1 is 1.27 bits per heavy atom. The Hall–Kier alpha value is -2.43. The number of aryl methyl sites for hydroxylation is 1. The van der Waals surface area contributed by atoms with Crippen molar-refractivity contribution in [3.63, 3.8) is 0 Å². The summed E-state index contributed by atoms with van der Waals surface area (Å²) in [5, 5.41) is 7.15. The molecule has 1 aliphatic carbocycles. The van der Waals surface area contributed by atoms with Crippen LogP contribution in [0.5, 0.6) is 0 Å². The molecule has 5 nitrogen and oxygen atoms in total. The fraction of sp³-hybridized carbons (Fsp3) is 0.353. The van der Waals surface area contributed by atoms with Crippen molar-refractivity contribution < 1.29 is 4.79 Å². The van der Waals surface area contributed by atoms with Crippen LogP contribution in [0.25, 0.3) is 0 Å². The number of amides is 1. The Morgan fingerprint density at radius 2 is 2.05 bits per heavy atom. The van der Waals surface area contributed by atoms with E-state index in [-0.39, 0.29) is 18.0 Å². The van der Waals surface area contributed by atoms with Gasteiger partial charge in [-0.3, -0.25) is 9.59 Å². The molecule has 0 saturated heterocycles. The van der Waals surface area contributed by atoms with Crippen LogP contribution in [0, 0.1) is 13.8 Å². The minimum Gasteiger partial charge on any atom is -0.324 e. The molecule has 1 fully saturated rings. The number of carbonyl (C=O) groups excluding carboxylic acids is 1. The molecule has 0 spiro atoms. The molecule has 5 heteroatoms. The molecule has 114 valence electrons. The van der Waals surface area contributed by atoms with Crippen molar-refractivity contribution in [2.24, 2.45) is 0 Å². The molecule has 1 heterocycles. The van der Waals surface area contributed by atoms with E-state index in [1.165, 1.54) is 10.7 Å². The van der Waals surface area contributed by atoms with E-state index in [0.717, 1.165) is 35.3 Å². The zero-order chi connectivity index (χ0) is 15.7. The van der Waals surface area contributed by atoms with E-state index in [2.05, 4.69) is 10.4 Å². The Morgan fingerprint density at radius 3 is 2.77 bits per heavy atom. The van der Waals surface area contributed by atoms with Gasteiger partial charge in [-0.15, -0.1) is 0 Å². The minimum absolute atomic E-state index is 0.0627. The van der Waals surface area contributed by atoms with Gasteiger partial charge < -0.3 is 5.32 Å². The SMILES string of the molecule is Cc1cccc(NC(=O)Cn2nc(C3CC3)ccc2=O)c1C. The molecule has 1 aliphatic rings. The van der Waals surface area contributed by atoms with Gasteiger partial charge in [-0.2, -0.15) is 5.10 Å². The summed E-state index contributed by atoms with van der Waals surface area (Å²) in [6, 6.07) is 9.01. The lowest BCUT2D eigenvalue weighted by molar-refractivity contribution is -0.117. The first-order valence-corrected chi connectivity index (χ1v) is 7.49. The highest BCUT2D eigenvalue weighted by Gasteiger charge is 2.25. The molecule has 0 atom stereocenters. The molecule has 0 aliphatic heterocycles. The lowest BCUT2D eigenvalue weighted by Gasteiger charge is -2.11. The van der Waals surface area contributed by atoms with Gasteiger partial charge in [0.25, 0.3) is 5.56 Å². The van der Waals surface area contributed by atoms with Crippen molar-refractivity contribution in [2.75, 3.05) is 5.32 Å². The second kappa shape index (κ2) is 5.75. The molecular weight excluding hydrogens is 278 g/mol. The topological polar surface area (TPSA) is 64.0 Å². The van der Waals surface area contributed by atoms with E-state index in [1.54, 1.807) is 6.07 Å². The van der Waals surface area contributed by atoms with Crippen LogP contribution in [0.2, 0.25) is 0 Å². The number of nitrogens with zero attached hydrogens (tertiary/aromatic N) is 2. The van der Waals surface area contributed by atoms with Crippen LogP contribution in [-0.2, 0) is 11.3 Å². The van der Waals surface area contributed by atoms with Crippen molar-refractivity contribution in [3.8, 4) is 0 Å². The molecule has 0 unspecified atom stereocenters. The predicted octanol–water partition coefficient (Wildman–Crippen LogP) is 2.38. The van der Waals surface area contributed by atoms with E-state index in [1.807, 2.05) is 32.0 Å². The smallest absolute Gasteiger partial charge is 0.267 e. The summed E-state index contributed by atoms with van der Waals surface area (Å²) in [5.74, 6) is 0.213. The third kappa shape index (κ3) is 3.08. The lowest BCUT2D eigenvalue weighted by atomic mass is 10.1. The van der Waals surface area contributed by atoms with E-state index in [4.69, 9.17) is 0 Å². The van der Waals surface area contributed by atoms with Crippen LogP contribution in [0.4, 0.5) is 5.69 Å². The summed E-state index contributed by atoms with van der Waals surface area (Å²) in [7, 11) is 0. The highest BCUT2D eigenvalue weighted by atomic mass is 16.2. The molecular formula is C17H19N3O2. The number of benzene rings is 1. The van der Waals surface area contributed by atoms with Crippen molar-refractivity contribution >= 4 is 11.6 Å². The number of anilines is 1. The first-order chi connectivity index (χ1) is 10.5. The fourth-order valence-electron chi connectivity index (χ4n) is 2.39. The van der Waals surface area contributed by atoms with Crippen LogP contribution in [0.1, 0.15) is 35.6 Å². The molecule has 0 bridgehead atoms. The number of hydrogen-bond donors (Lipinski definition) is 1. The minimum atomic E-state index is -0.250. The largest absolute Gasteiger partial charge is 0.324 e. The van der Waals surface area contributed by atoms with Crippen LogP contribution >= 0.6 is 0 Å². The lowest BCUT2D eigenvalue weighted by Crippen LogP contribution is -2.29. The molecule has 22 heavy (non-hydrogen) atoms. The van der Waals surface area contributed by atoms with Gasteiger partial charge in [0.15, 0.2) is 0 Å². The first kappa shape index (κ1) is 14.5. The van der Waals surface area contributed by atoms with Gasteiger partial charge in [0.1, 0.15) is 6.54 Å². The van der Waals surface area contributed by atoms with Gasteiger partial charge in [0.05, 0.1) is 5.69 Å². The Bertz CT molecular complexity index is 776. The summed E-state index contributed by atoms with van der Waals surface area (Å²) in [6.45, 7) is 3.89. The highest BCUT2D eigenvalue weighted by Crippen LogP contribution is 2.38. The zero-order valence-electron chi connectivity index (χ0n) is 12.8. The molecule has 0 radical (unpaired) electrons. The Balaban J connectivity index is 1.75. The van der Waals surface area contributed by atoms with Gasteiger partial charge in [-0.05, 0) is 49.9 Å². The number of hydrogen-bond acceptors (Lipinski definition) is 3. The van der Waals surface area contributed by atoms with Crippen molar-refractivity contribution in [1.82, 2.24) is 9.78 Å². The quantitative estimate of drug-likeness (QED) is 0.942. The molecule has 3 rings (SSSR count). The standard InChI is InChI=1S/C17H19N3O2/c1-11-4-3-5-14(12(11)2)18-16(21)10-20-17(22)9-8-15(19-20)13-6-7-13/h3-5,8-9,13H,6-7,10H2,1-2H3,(H,18,21). The van der Waals surface area contributed by atoms with Crippen LogP contribution in [-0.4, -0.2) is 15.7 Å². The second-order valence-electron chi connectivity index (χ2n) is 5.82. The van der Waals surface area contributed by atoms with Gasteiger partial charge in [0, 0.05) is 17.7 Å². The highest BCUT2D eigenvalue weighted by molar-refractivity contribution is 5.91. The molecule has 1 aromatic carbocycles. The summed E-state index contributed by atoms with van der Waals surface area (Å²) in [6.07, 6.45) is 2.22. The molecule has 1 saturated carbocycles. The van der Waals surface area contributed by atoms with Crippen molar-refractivity contribution in [1.29, 1.82) is 0 Å². The van der Waals surface area contributed by atoms with E-state index in [9.17, 15) is 9.59 Å². The van der Waals surface area contributed by atoms with Crippen LogP contribution < -0.4 is 10.9 Å². The van der Waals surface area contributed by atoms with Gasteiger partial charge >= 0.3 is 0 Å². The number of nitrogens with one attached hydrogen (secondary N) is 1. The van der Waals surface area contributed by atoms with E-state index >= 15 is 0 Å². The van der Waals surface area contributed by atoms with Gasteiger partial charge in [-0.1, -0.05) is 12.1 Å². The predicted molar refractivity (Wildman–Crippen MR) is 85.0 cm³/mol. The van der Waals surface area contributed by atoms with Crippen LogP contribution in [0.15, 0.2) is 35.1 Å². The Kier molecular flexibility index (Phi) is 3.79. The second-order valence-corrected chi connectivity index (χ2v) is 5.82. The Labute approximate surface area is 129 Å². The van der Waals surface area contributed by atoms with E-state index in [0.29, 0.717) is 5.92 Å². The maximum Gasteiger partial charge on any atom is 0.267 e. The average Bonchev–Trinajstić information content (AvgIpc) is 3.31. The fourth-order valence-corrected chi connectivity index (χ4v) is 2.39. The summed E-state index contributed by atoms with van der Waals surface area (Å²) >= 11 is 0. The van der Waals surface area contributed by atoms with Crippen LogP contribution in [0.3, 0.4) is 0 Å². The average molecular weight is 297 g/mol. The molecule has 1 aromatic heterocycles. The third-order valence-electron chi connectivity index (χ3n) is 4.05. The molecule has 2 aromatic rings. The number of rotatable bonds is 4. The normalized spacial score (nSPS) is 13.9. The number of carbonyl (C=O) groups is 1. The van der Waals surface area contributed by atoms with Crippen molar-refractivity contribution in [3.05, 3.63) is 57.5 Å². The molecule has 1 N–H and O–H groups in total. The first-order valence-electron chi connectivity index (χ1n) is 7.49. The summed E-state index contributed by atoms with van der Waals surface area (Å²) in [5.41, 5.74) is 3.57. The van der Waals surface area contributed by atoms with Gasteiger partial charge in [0.2, 0.25) is 5.91 Å². The maximum absolute atomic E-state index is 12.2. The molecule has 1 amide bonds. The summed E-state index contributed by atoms with van der Waals surface area (Å²) in [4.78, 5) is 24.0. The third-order valence-corrected chi connectivity index (χ3v) is 4.05. The maximum atomic E-state index is 12.2. The van der Waals surface area contributed by atoms with Gasteiger partial charge in [-0.25, -0.2) is 4.68 Å². The van der Waals surface area contributed by atoms with E-state index < -0.39 is 0 Å². The monoisotopic (exact) mass is 297 g/mol.